The number of fused-ring (bicyclic) bond motifs is 2. The standard InChI is InChI=1S/C26H20N4O4S/c1-15-7-9-17(10-8-15)24-28-23(34-29-24)13-35-26-27-19-12-22-21(32-14-33-22)11-18(19)25(31)30(26)20-6-4-3-5-16(20)2/h3-12H,13-14H2,1-2H3. The third kappa shape index (κ3) is 3.93. The van der Waals surface area contributed by atoms with Crippen LogP contribution in [0.2, 0.25) is 0 Å². The molecule has 1 aliphatic heterocycles. The van der Waals surface area contributed by atoms with Gasteiger partial charge in [-0.05, 0) is 31.5 Å². The molecule has 2 aromatic heterocycles. The zero-order valence-corrected chi connectivity index (χ0v) is 19.8. The normalized spacial score (nSPS) is 12.4. The molecule has 1 aliphatic rings. The molecule has 6 rings (SSSR count). The van der Waals surface area contributed by atoms with Crippen LogP contribution >= 0.6 is 11.8 Å². The van der Waals surface area contributed by atoms with Crippen molar-refractivity contribution in [2.45, 2.75) is 24.8 Å². The Labute approximate surface area is 204 Å². The largest absolute Gasteiger partial charge is 0.454 e. The fourth-order valence-electron chi connectivity index (χ4n) is 3.94. The lowest BCUT2D eigenvalue weighted by Crippen LogP contribution is -2.22. The molecule has 5 aromatic rings. The molecule has 0 saturated heterocycles. The molecule has 0 aliphatic carbocycles. The third-order valence-electron chi connectivity index (χ3n) is 5.79. The first kappa shape index (κ1) is 21.4. The maximum atomic E-state index is 13.7. The predicted molar refractivity (Wildman–Crippen MR) is 132 cm³/mol. The highest BCUT2D eigenvalue weighted by atomic mass is 32.2. The lowest BCUT2D eigenvalue weighted by molar-refractivity contribution is 0.174. The van der Waals surface area contributed by atoms with Crippen molar-refractivity contribution in [1.82, 2.24) is 19.7 Å². The Hall–Kier alpha value is -4.11. The monoisotopic (exact) mass is 484 g/mol. The molecule has 0 unspecified atom stereocenters. The molecule has 0 saturated carbocycles. The Bertz CT molecular complexity index is 1630. The summed E-state index contributed by atoms with van der Waals surface area (Å²) in [6.45, 7) is 4.12. The Balaban J connectivity index is 1.40. The van der Waals surface area contributed by atoms with Gasteiger partial charge in [0.25, 0.3) is 5.56 Å². The van der Waals surface area contributed by atoms with E-state index in [1.807, 2.05) is 62.4 Å². The van der Waals surface area contributed by atoms with Gasteiger partial charge in [-0.15, -0.1) is 0 Å². The number of hydrogen-bond acceptors (Lipinski definition) is 8. The van der Waals surface area contributed by atoms with E-state index in [9.17, 15) is 4.79 Å². The minimum atomic E-state index is -0.184. The van der Waals surface area contributed by atoms with Crippen molar-refractivity contribution in [2.75, 3.05) is 6.79 Å². The topological polar surface area (TPSA) is 92.3 Å². The van der Waals surface area contributed by atoms with Crippen LogP contribution in [-0.4, -0.2) is 26.5 Å². The summed E-state index contributed by atoms with van der Waals surface area (Å²) in [6, 6.07) is 19.1. The summed E-state index contributed by atoms with van der Waals surface area (Å²) < 4.78 is 18.1. The zero-order valence-electron chi connectivity index (χ0n) is 19.0. The van der Waals surface area contributed by atoms with Gasteiger partial charge in [0, 0.05) is 11.6 Å². The third-order valence-corrected chi connectivity index (χ3v) is 6.71. The smallest absolute Gasteiger partial charge is 0.266 e. The lowest BCUT2D eigenvalue weighted by atomic mass is 10.1. The van der Waals surface area contributed by atoms with Crippen LogP contribution in [0.3, 0.4) is 0 Å². The van der Waals surface area contributed by atoms with Crippen LogP contribution in [-0.2, 0) is 5.75 Å². The van der Waals surface area contributed by atoms with Crippen LogP contribution in [0.5, 0.6) is 11.5 Å². The van der Waals surface area contributed by atoms with E-state index in [4.69, 9.17) is 19.0 Å². The second-order valence-corrected chi connectivity index (χ2v) is 9.15. The van der Waals surface area contributed by atoms with Crippen molar-refractivity contribution in [3.05, 3.63) is 88.0 Å². The highest BCUT2D eigenvalue weighted by Gasteiger charge is 2.21. The van der Waals surface area contributed by atoms with Crippen LogP contribution < -0.4 is 15.0 Å². The van der Waals surface area contributed by atoms with E-state index in [2.05, 4.69) is 10.1 Å². The van der Waals surface area contributed by atoms with Gasteiger partial charge in [-0.2, -0.15) is 4.98 Å². The van der Waals surface area contributed by atoms with Crippen LogP contribution in [0, 0.1) is 13.8 Å². The van der Waals surface area contributed by atoms with Gasteiger partial charge in [0.15, 0.2) is 16.7 Å². The Morgan fingerprint density at radius 2 is 1.74 bits per heavy atom. The van der Waals surface area contributed by atoms with Gasteiger partial charge in [-0.3, -0.25) is 9.36 Å². The molecule has 0 fully saturated rings. The number of aryl methyl sites for hydroxylation is 2. The first-order chi connectivity index (χ1) is 17.1. The molecular weight excluding hydrogens is 464 g/mol. The lowest BCUT2D eigenvalue weighted by Gasteiger charge is -2.15. The maximum absolute atomic E-state index is 13.7. The SMILES string of the molecule is Cc1ccc(-c2noc(CSc3nc4cc5c(cc4c(=O)n3-c3ccccc3C)OCO5)n2)cc1. The van der Waals surface area contributed by atoms with E-state index < -0.39 is 0 Å². The molecule has 0 amide bonds. The number of aromatic nitrogens is 4. The molecule has 3 heterocycles. The summed E-state index contributed by atoms with van der Waals surface area (Å²) in [5, 5.41) is 5.09. The molecule has 0 atom stereocenters. The van der Waals surface area contributed by atoms with Crippen molar-refractivity contribution >= 4 is 22.7 Å². The molecule has 0 spiro atoms. The summed E-state index contributed by atoms with van der Waals surface area (Å²) in [5.74, 6) is 2.45. The zero-order chi connectivity index (χ0) is 23.9. The van der Waals surface area contributed by atoms with Crippen LogP contribution in [0.15, 0.2) is 75.1 Å². The van der Waals surface area contributed by atoms with Gasteiger partial charge in [-0.1, -0.05) is 64.9 Å². The van der Waals surface area contributed by atoms with Crippen molar-refractivity contribution in [1.29, 1.82) is 0 Å². The summed E-state index contributed by atoms with van der Waals surface area (Å²) >= 11 is 1.36. The highest BCUT2D eigenvalue weighted by Crippen LogP contribution is 2.36. The van der Waals surface area contributed by atoms with Crippen LogP contribution in [0.25, 0.3) is 28.0 Å². The minimum Gasteiger partial charge on any atom is -0.454 e. The average Bonchev–Trinajstić information content (AvgIpc) is 3.52. The van der Waals surface area contributed by atoms with Gasteiger partial charge in [-0.25, -0.2) is 4.98 Å². The highest BCUT2D eigenvalue weighted by molar-refractivity contribution is 7.98. The molecule has 35 heavy (non-hydrogen) atoms. The van der Waals surface area contributed by atoms with Gasteiger partial charge in [0.2, 0.25) is 18.5 Å². The second kappa shape index (κ2) is 8.59. The number of hydrogen-bond donors (Lipinski definition) is 0. The van der Waals surface area contributed by atoms with Crippen molar-refractivity contribution < 1.29 is 14.0 Å². The first-order valence-electron chi connectivity index (χ1n) is 11.0. The van der Waals surface area contributed by atoms with E-state index in [0.29, 0.717) is 45.0 Å². The quantitative estimate of drug-likeness (QED) is 0.252. The van der Waals surface area contributed by atoms with E-state index in [1.54, 1.807) is 16.7 Å². The molecule has 8 nitrogen and oxygen atoms in total. The van der Waals surface area contributed by atoms with Crippen LogP contribution in [0.4, 0.5) is 0 Å². The summed E-state index contributed by atoms with van der Waals surface area (Å²) in [4.78, 5) is 23.0. The Morgan fingerprint density at radius 3 is 2.54 bits per heavy atom. The molecule has 0 bridgehead atoms. The molecule has 3 aromatic carbocycles. The number of rotatable bonds is 5. The van der Waals surface area contributed by atoms with E-state index in [1.165, 1.54) is 11.8 Å². The summed E-state index contributed by atoms with van der Waals surface area (Å²) in [7, 11) is 0. The fourth-order valence-corrected chi connectivity index (χ4v) is 4.78. The van der Waals surface area contributed by atoms with Crippen molar-refractivity contribution in [3.8, 4) is 28.6 Å². The summed E-state index contributed by atoms with van der Waals surface area (Å²) in [5.41, 5.74) is 4.11. The van der Waals surface area contributed by atoms with E-state index >= 15 is 0 Å². The number of nitrogens with zero attached hydrogens (tertiary/aromatic N) is 4. The number of benzene rings is 3. The maximum Gasteiger partial charge on any atom is 0.266 e. The Kier molecular flexibility index (Phi) is 5.26. The first-order valence-corrected chi connectivity index (χ1v) is 12.0. The van der Waals surface area contributed by atoms with Gasteiger partial charge in [0.1, 0.15) is 0 Å². The summed E-state index contributed by atoms with van der Waals surface area (Å²) in [6.07, 6.45) is 0. The van der Waals surface area contributed by atoms with Crippen molar-refractivity contribution in [3.63, 3.8) is 0 Å². The number of thioether (sulfide) groups is 1. The second-order valence-electron chi connectivity index (χ2n) is 8.21. The molecule has 174 valence electrons. The molecular formula is C26H20N4O4S. The van der Waals surface area contributed by atoms with Crippen LogP contribution in [0.1, 0.15) is 17.0 Å². The van der Waals surface area contributed by atoms with Gasteiger partial charge in [0.05, 0.1) is 22.3 Å². The van der Waals surface area contributed by atoms with Gasteiger partial charge < -0.3 is 14.0 Å². The van der Waals surface area contributed by atoms with Gasteiger partial charge >= 0.3 is 0 Å². The van der Waals surface area contributed by atoms with E-state index in [0.717, 1.165) is 22.4 Å². The minimum absolute atomic E-state index is 0.125. The van der Waals surface area contributed by atoms with Crippen molar-refractivity contribution in [2.24, 2.45) is 0 Å². The molecule has 0 radical (unpaired) electrons. The number of para-hydroxylation sites is 1. The molecule has 0 N–H and O–H groups in total. The Morgan fingerprint density at radius 1 is 0.971 bits per heavy atom. The molecule has 9 heteroatoms. The predicted octanol–water partition coefficient (Wildman–Crippen LogP) is 5.07. The average molecular weight is 485 g/mol. The van der Waals surface area contributed by atoms with E-state index in [-0.39, 0.29) is 12.4 Å². The fraction of sp³-hybridized carbons (Fsp3) is 0.154. The number of ether oxygens (including phenoxy) is 2.